The van der Waals surface area contributed by atoms with Crippen molar-refractivity contribution in [3.63, 3.8) is 0 Å². The molecule has 0 bridgehead atoms. The van der Waals surface area contributed by atoms with Crippen LogP contribution in [0.25, 0.3) is 11.1 Å². The molecule has 16 heavy (non-hydrogen) atoms. The summed E-state index contributed by atoms with van der Waals surface area (Å²) in [4.78, 5) is 1.69. The Kier molecular flexibility index (Phi) is 2.52. The van der Waals surface area contributed by atoms with Gasteiger partial charge in [0.1, 0.15) is 5.82 Å². The van der Waals surface area contributed by atoms with E-state index in [1.165, 1.54) is 12.3 Å². The minimum Gasteiger partial charge on any atom is -0.375 e. The van der Waals surface area contributed by atoms with Gasteiger partial charge in [0, 0.05) is 19.7 Å². The molecule has 0 aliphatic rings. The molecular weight excluding hydrogens is 209 g/mol. The highest BCUT2D eigenvalue weighted by Gasteiger charge is 2.16. The van der Waals surface area contributed by atoms with Crippen LogP contribution in [0.3, 0.4) is 0 Å². The van der Waals surface area contributed by atoms with Crippen LogP contribution < -0.4 is 10.6 Å². The molecule has 0 saturated carbocycles. The van der Waals surface area contributed by atoms with Crippen LogP contribution in [0, 0.1) is 5.82 Å². The van der Waals surface area contributed by atoms with Crippen molar-refractivity contribution in [2.24, 2.45) is 0 Å². The molecule has 0 aliphatic carbocycles. The van der Waals surface area contributed by atoms with Crippen molar-refractivity contribution in [1.82, 2.24) is 5.16 Å². The number of benzene rings is 1. The average molecular weight is 221 g/mol. The van der Waals surface area contributed by atoms with Crippen molar-refractivity contribution in [2.75, 3.05) is 24.7 Å². The van der Waals surface area contributed by atoms with Crippen LogP contribution in [-0.2, 0) is 0 Å². The molecule has 2 rings (SSSR count). The SMILES string of the molecule is CN(C)c1c(F)cccc1-c1cnoc1N. The summed E-state index contributed by atoms with van der Waals surface area (Å²) in [6.45, 7) is 0. The van der Waals surface area contributed by atoms with Gasteiger partial charge in [-0.05, 0) is 6.07 Å². The fourth-order valence-electron chi connectivity index (χ4n) is 1.64. The van der Waals surface area contributed by atoms with E-state index < -0.39 is 0 Å². The molecule has 0 atom stereocenters. The first kappa shape index (κ1) is 10.5. The molecular formula is C11H12FN3O. The Labute approximate surface area is 92.4 Å². The lowest BCUT2D eigenvalue weighted by Gasteiger charge is -2.17. The number of aromatic nitrogens is 1. The maximum absolute atomic E-state index is 13.7. The second-order valence-electron chi connectivity index (χ2n) is 3.63. The molecule has 5 heteroatoms. The van der Waals surface area contributed by atoms with Gasteiger partial charge < -0.3 is 15.2 Å². The molecule has 0 amide bonds. The lowest BCUT2D eigenvalue weighted by atomic mass is 10.1. The molecule has 0 unspecified atom stereocenters. The van der Waals surface area contributed by atoms with E-state index in [4.69, 9.17) is 10.3 Å². The van der Waals surface area contributed by atoms with Gasteiger partial charge in [0.2, 0.25) is 5.88 Å². The topological polar surface area (TPSA) is 55.3 Å². The number of hydrogen-bond acceptors (Lipinski definition) is 4. The molecule has 0 saturated heterocycles. The fourth-order valence-corrected chi connectivity index (χ4v) is 1.64. The van der Waals surface area contributed by atoms with Crippen molar-refractivity contribution in [1.29, 1.82) is 0 Å². The van der Waals surface area contributed by atoms with Crippen molar-refractivity contribution in [3.8, 4) is 11.1 Å². The monoisotopic (exact) mass is 221 g/mol. The van der Waals surface area contributed by atoms with Crippen LogP contribution >= 0.6 is 0 Å². The average Bonchev–Trinajstić information content (AvgIpc) is 2.63. The second kappa shape index (κ2) is 3.84. The zero-order chi connectivity index (χ0) is 11.7. The van der Waals surface area contributed by atoms with E-state index in [2.05, 4.69) is 5.16 Å². The van der Waals surface area contributed by atoms with E-state index in [-0.39, 0.29) is 11.7 Å². The third-order valence-electron chi connectivity index (χ3n) is 2.32. The predicted molar refractivity (Wildman–Crippen MR) is 60.6 cm³/mol. The summed E-state index contributed by atoms with van der Waals surface area (Å²) in [5, 5.41) is 3.59. The molecule has 1 aromatic heterocycles. The molecule has 2 aromatic rings. The molecule has 84 valence electrons. The van der Waals surface area contributed by atoms with Gasteiger partial charge in [-0.3, -0.25) is 0 Å². The minimum absolute atomic E-state index is 0.189. The molecule has 2 N–H and O–H groups in total. The highest BCUT2D eigenvalue weighted by Crippen LogP contribution is 2.34. The van der Waals surface area contributed by atoms with Crippen molar-refractivity contribution < 1.29 is 8.91 Å². The van der Waals surface area contributed by atoms with Gasteiger partial charge in [0.05, 0.1) is 17.4 Å². The zero-order valence-electron chi connectivity index (χ0n) is 9.07. The third-order valence-corrected chi connectivity index (χ3v) is 2.32. The van der Waals surface area contributed by atoms with E-state index in [0.717, 1.165) is 0 Å². The largest absolute Gasteiger partial charge is 0.375 e. The van der Waals surface area contributed by atoms with Crippen LogP contribution in [0.4, 0.5) is 16.0 Å². The molecule has 0 aliphatic heterocycles. The smallest absolute Gasteiger partial charge is 0.230 e. The number of rotatable bonds is 2. The van der Waals surface area contributed by atoms with Gasteiger partial charge in [0.25, 0.3) is 0 Å². The van der Waals surface area contributed by atoms with Crippen LogP contribution in [0.5, 0.6) is 0 Å². The van der Waals surface area contributed by atoms with Gasteiger partial charge in [-0.2, -0.15) is 0 Å². The Morgan fingerprint density at radius 2 is 2.06 bits per heavy atom. The number of nitrogens with two attached hydrogens (primary N) is 1. The van der Waals surface area contributed by atoms with E-state index in [9.17, 15) is 4.39 Å². The first-order valence-electron chi connectivity index (χ1n) is 4.77. The summed E-state index contributed by atoms with van der Waals surface area (Å²) >= 11 is 0. The van der Waals surface area contributed by atoms with E-state index >= 15 is 0 Å². The normalized spacial score (nSPS) is 10.4. The molecule has 0 fully saturated rings. The first-order chi connectivity index (χ1) is 7.61. The Balaban J connectivity index is 2.66. The number of hydrogen-bond donors (Lipinski definition) is 1. The van der Waals surface area contributed by atoms with Gasteiger partial charge >= 0.3 is 0 Å². The minimum atomic E-state index is -0.303. The Bertz CT molecular complexity index is 508. The van der Waals surface area contributed by atoms with E-state index in [0.29, 0.717) is 16.8 Å². The second-order valence-corrected chi connectivity index (χ2v) is 3.63. The summed E-state index contributed by atoms with van der Waals surface area (Å²) in [7, 11) is 3.54. The van der Waals surface area contributed by atoms with Crippen LogP contribution in [-0.4, -0.2) is 19.3 Å². The number of nitrogens with zero attached hydrogens (tertiary/aromatic N) is 2. The molecule has 0 radical (unpaired) electrons. The van der Waals surface area contributed by atoms with Gasteiger partial charge in [-0.15, -0.1) is 0 Å². The quantitative estimate of drug-likeness (QED) is 0.844. The highest BCUT2D eigenvalue weighted by molar-refractivity contribution is 5.83. The molecule has 4 nitrogen and oxygen atoms in total. The maximum atomic E-state index is 13.7. The molecule has 1 heterocycles. The van der Waals surface area contributed by atoms with Gasteiger partial charge in [-0.1, -0.05) is 17.3 Å². The number of nitrogen functional groups attached to an aromatic ring is 1. The van der Waals surface area contributed by atoms with Crippen molar-refractivity contribution in [2.45, 2.75) is 0 Å². The summed E-state index contributed by atoms with van der Waals surface area (Å²) in [6, 6.07) is 4.81. The van der Waals surface area contributed by atoms with Crippen LogP contribution in [0.2, 0.25) is 0 Å². The Morgan fingerprint density at radius 3 is 2.62 bits per heavy atom. The standard InChI is InChI=1S/C11H12FN3O/c1-15(2)10-7(4-3-5-9(10)12)8-6-14-16-11(8)13/h3-6H,13H2,1-2H3. The fraction of sp³-hybridized carbons (Fsp3) is 0.182. The Hall–Kier alpha value is -2.04. The first-order valence-corrected chi connectivity index (χ1v) is 4.77. The maximum Gasteiger partial charge on any atom is 0.230 e. The van der Waals surface area contributed by atoms with Crippen LogP contribution in [0.1, 0.15) is 0 Å². The summed E-state index contributed by atoms with van der Waals surface area (Å²) < 4.78 is 18.5. The Morgan fingerprint density at radius 1 is 1.31 bits per heavy atom. The summed E-state index contributed by atoms with van der Waals surface area (Å²) in [5.41, 5.74) is 7.36. The van der Waals surface area contributed by atoms with E-state index in [1.54, 1.807) is 31.1 Å². The zero-order valence-corrected chi connectivity index (χ0v) is 9.07. The number of halogens is 1. The van der Waals surface area contributed by atoms with Gasteiger partial charge in [-0.25, -0.2) is 4.39 Å². The predicted octanol–water partition coefficient (Wildman–Crippen LogP) is 2.13. The molecule has 1 aromatic carbocycles. The molecule has 0 spiro atoms. The highest BCUT2D eigenvalue weighted by atomic mass is 19.1. The van der Waals surface area contributed by atoms with E-state index in [1.807, 2.05) is 0 Å². The van der Waals surface area contributed by atoms with Crippen LogP contribution in [0.15, 0.2) is 28.9 Å². The number of para-hydroxylation sites is 1. The summed E-state index contributed by atoms with van der Waals surface area (Å²) in [5.74, 6) is -0.114. The number of anilines is 2. The lowest BCUT2D eigenvalue weighted by Crippen LogP contribution is -2.12. The van der Waals surface area contributed by atoms with Crippen molar-refractivity contribution in [3.05, 3.63) is 30.2 Å². The van der Waals surface area contributed by atoms with Crippen molar-refractivity contribution >= 4 is 11.6 Å². The lowest BCUT2D eigenvalue weighted by molar-refractivity contribution is 0.436. The summed E-state index contributed by atoms with van der Waals surface area (Å²) in [6.07, 6.45) is 1.48. The van der Waals surface area contributed by atoms with Gasteiger partial charge in [0.15, 0.2) is 0 Å². The third kappa shape index (κ3) is 1.60.